The lowest BCUT2D eigenvalue weighted by Crippen LogP contribution is -2.50. The number of carbonyl (C=O) groups is 1. The molecular weight excluding hydrogens is 406 g/mol. The van der Waals surface area contributed by atoms with Crippen molar-refractivity contribution >= 4 is 15.9 Å². The Kier molecular flexibility index (Phi) is 7.30. The maximum Gasteiger partial charge on any atom is 0.251 e. The minimum atomic E-state index is -3.45. The van der Waals surface area contributed by atoms with Gasteiger partial charge >= 0.3 is 0 Å². The van der Waals surface area contributed by atoms with Gasteiger partial charge in [0.15, 0.2) is 11.5 Å². The van der Waals surface area contributed by atoms with Crippen LogP contribution in [0.25, 0.3) is 0 Å². The van der Waals surface area contributed by atoms with Gasteiger partial charge in [-0.2, -0.15) is 4.31 Å². The number of methoxy groups -OCH3 is 2. The van der Waals surface area contributed by atoms with E-state index < -0.39 is 10.0 Å². The molecule has 0 unspecified atom stereocenters. The Morgan fingerprint density at radius 3 is 2.27 bits per heavy atom. The maximum absolute atomic E-state index is 12.7. The average molecular weight is 434 g/mol. The summed E-state index contributed by atoms with van der Waals surface area (Å²) in [5, 5.41) is 2.89. The molecule has 0 aromatic heterocycles. The fraction of sp³-hybridized carbons (Fsp3) is 0.381. The molecule has 1 N–H and O–H groups in total. The quantitative estimate of drug-likeness (QED) is 0.678. The van der Waals surface area contributed by atoms with Crippen molar-refractivity contribution in [2.45, 2.75) is 4.90 Å². The van der Waals surface area contributed by atoms with Gasteiger partial charge in [0.05, 0.1) is 19.1 Å². The standard InChI is InChI=1S/C21H27N3O5S/c1-28-19-9-8-17(16-20(19)29-2)21(25)22-10-11-23-12-14-24(15-13-23)30(26,27)18-6-4-3-5-7-18/h3-9,16H,10-15H2,1-2H3,(H,22,25). The Hall–Kier alpha value is -2.62. The number of nitrogens with zero attached hydrogens (tertiary/aromatic N) is 2. The Morgan fingerprint density at radius 2 is 1.63 bits per heavy atom. The molecule has 1 aliphatic heterocycles. The normalized spacial score (nSPS) is 15.5. The second-order valence-electron chi connectivity index (χ2n) is 6.88. The zero-order valence-corrected chi connectivity index (χ0v) is 18.0. The van der Waals surface area contributed by atoms with Crippen molar-refractivity contribution in [3.8, 4) is 11.5 Å². The van der Waals surface area contributed by atoms with Crippen LogP contribution in [0.2, 0.25) is 0 Å². The number of carbonyl (C=O) groups excluding carboxylic acids is 1. The van der Waals surface area contributed by atoms with Gasteiger partial charge in [-0.05, 0) is 30.3 Å². The molecule has 8 nitrogen and oxygen atoms in total. The van der Waals surface area contributed by atoms with E-state index in [9.17, 15) is 13.2 Å². The molecule has 0 radical (unpaired) electrons. The molecule has 0 atom stereocenters. The molecule has 9 heteroatoms. The number of ether oxygens (including phenoxy) is 2. The number of rotatable bonds is 8. The summed E-state index contributed by atoms with van der Waals surface area (Å²) >= 11 is 0. The predicted octanol–water partition coefficient (Wildman–Crippen LogP) is 1.44. The van der Waals surface area contributed by atoms with Crippen LogP contribution in [0.15, 0.2) is 53.4 Å². The topological polar surface area (TPSA) is 88.2 Å². The first-order chi connectivity index (χ1) is 14.5. The minimum absolute atomic E-state index is 0.193. The number of benzene rings is 2. The summed E-state index contributed by atoms with van der Waals surface area (Å²) in [6, 6.07) is 13.5. The SMILES string of the molecule is COc1ccc(C(=O)NCCN2CCN(S(=O)(=O)c3ccccc3)CC2)cc1OC. The molecule has 0 spiro atoms. The molecule has 0 bridgehead atoms. The van der Waals surface area contributed by atoms with Crippen LogP contribution >= 0.6 is 0 Å². The summed E-state index contributed by atoms with van der Waals surface area (Å²) in [7, 11) is -0.384. The average Bonchev–Trinajstić information content (AvgIpc) is 2.79. The largest absolute Gasteiger partial charge is 0.493 e. The third-order valence-corrected chi connectivity index (χ3v) is 6.98. The van der Waals surface area contributed by atoms with Gasteiger partial charge in [0, 0.05) is 44.8 Å². The third kappa shape index (κ3) is 5.10. The van der Waals surface area contributed by atoms with E-state index in [4.69, 9.17) is 9.47 Å². The molecule has 1 aliphatic rings. The van der Waals surface area contributed by atoms with Crippen molar-refractivity contribution < 1.29 is 22.7 Å². The van der Waals surface area contributed by atoms with Gasteiger partial charge in [0.25, 0.3) is 5.91 Å². The summed E-state index contributed by atoms with van der Waals surface area (Å²) in [4.78, 5) is 14.8. The molecule has 2 aromatic rings. The van der Waals surface area contributed by atoms with Gasteiger partial charge in [-0.15, -0.1) is 0 Å². The van der Waals surface area contributed by atoms with E-state index in [1.165, 1.54) is 11.4 Å². The van der Waals surface area contributed by atoms with Crippen LogP contribution in [-0.2, 0) is 10.0 Å². The van der Waals surface area contributed by atoms with Crippen molar-refractivity contribution in [1.29, 1.82) is 0 Å². The molecule has 1 fully saturated rings. The van der Waals surface area contributed by atoms with E-state index in [0.717, 1.165) is 0 Å². The summed E-state index contributed by atoms with van der Waals surface area (Å²) in [5.41, 5.74) is 0.492. The van der Waals surface area contributed by atoms with Crippen LogP contribution < -0.4 is 14.8 Å². The van der Waals surface area contributed by atoms with E-state index in [0.29, 0.717) is 61.2 Å². The second-order valence-corrected chi connectivity index (χ2v) is 8.82. The Morgan fingerprint density at radius 1 is 0.967 bits per heavy atom. The predicted molar refractivity (Wildman–Crippen MR) is 114 cm³/mol. The molecule has 1 saturated heterocycles. The van der Waals surface area contributed by atoms with Crippen LogP contribution in [0.3, 0.4) is 0 Å². The fourth-order valence-corrected chi connectivity index (χ4v) is 4.79. The van der Waals surface area contributed by atoms with E-state index >= 15 is 0 Å². The lowest BCUT2D eigenvalue weighted by atomic mass is 10.2. The van der Waals surface area contributed by atoms with Crippen LogP contribution in [0, 0.1) is 0 Å². The van der Waals surface area contributed by atoms with E-state index in [1.54, 1.807) is 55.6 Å². The van der Waals surface area contributed by atoms with Crippen molar-refractivity contribution in [3.63, 3.8) is 0 Å². The Labute approximate surface area is 177 Å². The van der Waals surface area contributed by atoms with Crippen LogP contribution in [-0.4, -0.2) is 77.0 Å². The van der Waals surface area contributed by atoms with E-state index in [-0.39, 0.29) is 5.91 Å². The lowest BCUT2D eigenvalue weighted by molar-refractivity contribution is 0.0944. The van der Waals surface area contributed by atoms with Gasteiger partial charge in [-0.25, -0.2) is 8.42 Å². The monoisotopic (exact) mass is 433 g/mol. The molecule has 3 rings (SSSR count). The van der Waals surface area contributed by atoms with Crippen LogP contribution in [0.5, 0.6) is 11.5 Å². The fourth-order valence-electron chi connectivity index (χ4n) is 3.34. The molecule has 0 aliphatic carbocycles. The number of sulfonamides is 1. The second kappa shape index (κ2) is 9.92. The lowest BCUT2D eigenvalue weighted by Gasteiger charge is -2.33. The van der Waals surface area contributed by atoms with Gasteiger partial charge in [-0.1, -0.05) is 18.2 Å². The maximum atomic E-state index is 12.7. The number of hydrogen-bond acceptors (Lipinski definition) is 6. The number of hydrogen-bond donors (Lipinski definition) is 1. The zero-order valence-electron chi connectivity index (χ0n) is 17.2. The summed E-state index contributed by atoms with van der Waals surface area (Å²) in [5.74, 6) is 0.875. The van der Waals surface area contributed by atoms with Crippen molar-refractivity contribution in [2.24, 2.45) is 0 Å². The highest BCUT2D eigenvalue weighted by atomic mass is 32.2. The summed E-state index contributed by atoms with van der Waals surface area (Å²) in [6.07, 6.45) is 0. The smallest absolute Gasteiger partial charge is 0.251 e. The van der Waals surface area contributed by atoms with Gasteiger partial charge in [0.1, 0.15) is 0 Å². The Bertz CT molecular complexity index is 958. The zero-order chi connectivity index (χ0) is 21.6. The molecule has 1 amide bonds. The van der Waals surface area contributed by atoms with E-state index in [1.807, 2.05) is 0 Å². The highest BCUT2D eigenvalue weighted by molar-refractivity contribution is 7.89. The first-order valence-corrected chi connectivity index (χ1v) is 11.2. The number of amides is 1. The first kappa shape index (κ1) is 22.1. The van der Waals surface area contributed by atoms with Crippen LogP contribution in [0.1, 0.15) is 10.4 Å². The van der Waals surface area contributed by atoms with E-state index in [2.05, 4.69) is 10.2 Å². The summed E-state index contributed by atoms with van der Waals surface area (Å²) in [6.45, 7) is 3.23. The molecule has 0 saturated carbocycles. The third-order valence-electron chi connectivity index (χ3n) is 5.07. The summed E-state index contributed by atoms with van der Waals surface area (Å²) < 4.78 is 37.3. The van der Waals surface area contributed by atoms with Crippen LogP contribution in [0.4, 0.5) is 0 Å². The number of nitrogens with one attached hydrogen (secondary N) is 1. The molecular formula is C21H27N3O5S. The van der Waals surface area contributed by atoms with Crippen molar-refractivity contribution in [3.05, 3.63) is 54.1 Å². The van der Waals surface area contributed by atoms with Gasteiger partial charge in [-0.3, -0.25) is 9.69 Å². The van der Waals surface area contributed by atoms with Gasteiger partial charge < -0.3 is 14.8 Å². The molecule has 2 aromatic carbocycles. The molecule has 1 heterocycles. The highest BCUT2D eigenvalue weighted by Crippen LogP contribution is 2.27. The number of piperazine rings is 1. The molecule has 30 heavy (non-hydrogen) atoms. The Balaban J connectivity index is 1.47. The van der Waals surface area contributed by atoms with Gasteiger partial charge in [0.2, 0.25) is 10.0 Å². The van der Waals surface area contributed by atoms with Crippen molar-refractivity contribution in [2.75, 3.05) is 53.5 Å². The molecule has 162 valence electrons. The first-order valence-electron chi connectivity index (χ1n) is 9.73. The van der Waals surface area contributed by atoms with Crippen molar-refractivity contribution in [1.82, 2.24) is 14.5 Å². The highest BCUT2D eigenvalue weighted by Gasteiger charge is 2.28. The minimum Gasteiger partial charge on any atom is -0.493 e.